The minimum absolute atomic E-state index is 0.186. The topological polar surface area (TPSA) is 57.7 Å². The van der Waals surface area contributed by atoms with Gasteiger partial charge in [-0.15, -0.1) is 0 Å². The van der Waals surface area contributed by atoms with E-state index in [1.54, 1.807) is 19.2 Å². The third kappa shape index (κ3) is 1.95. The number of nitrogens with zero attached hydrogens (tertiary/aromatic N) is 1. The first-order valence-corrected chi connectivity index (χ1v) is 5.31. The van der Waals surface area contributed by atoms with Gasteiger partial charge in [-0.3, -0.25) is 0 Å². The number of aromatic nitrogens is 1. The van der Waals surface area contributed by atoms with Crippen molar-refractivity contribution < 1.29 is 19.0 Å². The largest absolute Gasteiger partial charge is 0.496 e. The summed E-state index contributed by atoms with van der Waals surface area (Å²) in [5.41, 5.74) is 0.756. The molecular weight excluding hydrogens is 234 g/mol. The Kier molecular flexibility index (Phi) is 3.32. The summed E-state index contributed by atoms with van der Waals surface area (Å²) in [6.45, 7) is 0. The SMILES string of the molecule is COC(=O)c1cc(OC)c2cccc(OC)c2n1. The molecule has 0 aliphatic carbocycles. The maximum Gasteiger partial charge on any atom is 0.356 e. The molecule has 0 saturated carbocycles. The zero-order chi connectivity index (χ0) is 13.1. The Hall–Kier alpha value is -2.30. The highest BCUT2D eigenvalue weighted by atomic mass is 16.5. The zero-order valence-corrected chi connectivity index (χ0v) is 10.4. The molecule has 0 saturated heterocycles. The van der Waals surface area contributed by atoms with E-state index in [-0.39, 0.29) is 5.69 Å². The third-order valence-corrected chi connectivity index (χ3v) is 2.60. The maximum atomic E-state index is 11.5. The fourth-order valence-electron chi connectivity index (χ4n) is 1.73. The normalized spacial score (nSPS) is 10.2. The molecule has 2 aromatic rings. The molecule has 94 valence electrons. The van der Waals surface area contributed by atoms with E-state index in [0.29, 0.717) is 17.0 Å². The van der Waals surface area contributed by atoms with E-state index in [1.807, 2.05) is 12.1 Å². The van der Waals surface area contributed by atoms with Crippen LogP contribution in [0.5, 0.6) is 11.5 Å². The van der Waals surface area contributed by atoms with Gasteiger partial charge in [-0.2, -0.15) is 0 Å². The molecule has 2 rings (SSSR count). The molecule has 0 atom stereocenters. The molecule has 1 aromatic heterocycles. The molecule has 0 aliphatic rings. The zero-order valence-electron chi connectivity index (χ0n) is 10.4. The maximum absolute atomic E-state index is 11.5. The van der Waals surface area contributed by atoms with Gasteiger partial charge in [0.15, 0.2) is 5.69 Å². The number of hydrogen-bond donors (Lipinski definition) is 0. The van der Waals surface area contributed by atoms with E-state index in [4.69, 9.17) is 9.47 Å². The van der Waals surface area contributed by atoms with Crippen molar-refractivity contribution in [3.05, 3.63) is 30.0 Å². The molecular formula is C13H13NO4. The summed E-state index contributed by atoms with van der Waals surface area (Å²) < 4.78 is 15.1. The van der Waals surface area contributed by atoms with Crippen LogP contribution in [-0.4, -0.2) is 32.3 Å². The number of rotatable bonds is 3. The van der Waals surface area contributed by atoms with Gasteiger partial charge in [-0.05, 0) is 12.1 Å². The van der Waals surface area contributed by atoms with Crippen molar-refractivity contribution in [2.75, 3.05) is 21.3 Å². The molecule has 0 bridgehead atoms. The number of fused-ring (bicyclic) bond motifs is 1. The van der Waals surface area contributed by atoms with Crippen molar-refractivity contribution in [3.63, 3.8) is 0 Å². The van der Waals surface area contributed by atoms with E-state index in [2.05, 4.69) is 9.72 Å². The average molecular weight is 247 g/mol. The van der Waals surface area contributed by atoms with Crippen LogP contribution in [0.4, 0.5) is 0 Å². The van der Waals surface area contributed by atoms with Gasteiger partial charge in [0.05, 0.1) is 21.3 Å². The first kappa shape index (κ1) is 12.2. The Labute approximate surface area is 104 Å². The lowest BCUT2D eigenvalue weighted by atomic mass is 10.1. The number of ether oxygens (including phenoxy) is 3. The summed E-state index contributed by atoms with van der Waals surface area (Å²) in [4.78, 5) is 15.8. The van der Waals surface area contributed by atoms with Crippen LogP contribution < -0.4 is 9.47 Å². The summed E-state index contributed by atoms with van der Waals surface area (Å²) in [5, 5.41) is 0.782. The standard InChI is InChI=1S/C13H13NO4/c1-16-10-6-4-5-8-11(17-2)7-9(13(15)18-3)14-12(8)10/h4-7H,1-3H3. The number of para-hydroxylation sites is 1. The number of benzene rings is 1. The minimum atomic E-state index is -0.513. The van der Waals surface area contributed by atoms with Gasteiger partial charge in [-0.25, -0.2) is 9.78 Å². The lowest BCUT2D eigenvalue weighted by Gasteiger charge is -2.10. The highest BCUT2D eigenvalue weighted by Crippen LogP contribution is 2.31. The first-order valence-electron chi connectivity index (χ1n) is 5.31. The molecule has 5 heteroatoms. The van der Waals surface area contributed by atoms with Crippen LogP contribution >= 0.6 is 0 Å². The predicted molar refractivity (Wildman–Crippen MR) is 66.2 cm³/mol. The van der Waals surface area contributed by atoms with Crippen molar-refractivity contribution in [1.29, 1.82) is 0 Å². The molecule has 0 spiro atoms. The fourth-order valence-corrected chi connectivity index (χ4v) is 1.73. The average Bonchev–Trinajstić information content (AvgIpc) is 2.44. The Bertz CT molecular complexity index is 595. The van der Waals surface area contributed by atoms with Crippen LogP contribution in [0.25, 0.3) is 10.9 Å². The number of pyridine rings is 1. The summed E-state index contributed by atoms with van der Waals surface area (Å²) >= 11 is 0. The van der Waals surface area contributed by atoms with Crippen LogP contribution in [0.15, 0.2) is 24.3 Å². The van der Waals surface area contributed by atoms with Gasteiger partial charge < -0.3 is 14.2 Å². The van der Waals surface area contributed by atoms with Gasteiger partial charge >= 0.3 is 5.97 Å². The van der Waals surface area contributed by atoms with Crippen LogP contribution in [0, 0.1) is 0 Å². The lowest BCUT2D eigenvalue weighted by Crippen LogP contribution is -2.05. The van der Waals surface area contributed by atoms with E-state index in [1.165, 1.54) is 14.2 Å². The fraction of sp³-hybridized carbons (Fsp3) is 0.231. The monoisotopic (exact) mass is 247 g/mol. The predicted octanol–water partition coefficient (Wildman–Crippen LogP) is 2.04. The third-order valence-electron chi connectivity index (χ3n) is 2.60. The Morgan fingerprint density at radius 2 is 1.83 bits per heavy atom. The molecule has 0 amide bonds. The van der Waals surface area contributed by atoms with Crippen LogP contribution in [-0.2, 0) is 4.74 Å². The highest BCUT2D eigenvalue weighted by Gasteiger charge is 2.15. The molecule has 5 nitrogen and oxygen atoms in total. The van der Waals surface area contributed by atoms with E-state index >= 15 is 0 Å². The Balaban J connectivity index is 2.76. The van der Waals surface area contributed by atoms with Crippen molar-refractivity contribution >= 4 is 16.9 Å². The molecule has 0 fully saturated rings. The quantitative estimate of drug-likeness (QED) is 0.777. The first-order chi connectivity index (χ1) is 8.71. The Morgan fingerprint density at radius 1 is 1.11 bits per heavy atom. The van der Waals surface area contributed by atoms with Gasteiger partial charge in [0.25, 0.3) is 0 Å². The van der Waals surface area contributed by atoms with Crippen molar-refractivity contribution in [2.24, 2.45) is 0 Å². The molecule has 18 heavy (non-hydrogen) atoms. The van der Waals surface area contributed by atoms with Gasteiger partial charge in [0.1, 0.15) is 17.0 Å². The molecule has 0 unspecified atom stereocenters. The lowest BCUT2D eigenvalue weighted by molar-refractivity contribution is 0.0594. The minimum Gasteiger partial charge on any atom is -0.496 e. The number of hydrogen-bond acceptors (Lipinski definition) is 5. The molecule has 1 heterocycles. The van der Waals surface area contributed by atoms with E-state index in [9.17, 15) is 4.79 Å². The number of esters is 1. The molecule has 0 radical (unpaired) electrons. The summed E-state index contributed by atoms with van der Waals surface area (Å²) in [6.07, 6.45) is 0. The van der Waals surface area contributed by atoms with Gasteiger partial charge in [0, 0.05) is 11.5 Å². The Morgan fingerprint density at radius 3 is 2.44 bits per heavy atom. The number of methoxy groups -OCH3 is 3. The van der Waals surface area contributed by atoms with Crippen molar-refractivity contribution in [3.8, 4) is 11.5 Å². The second-order valence-electron chi connectivity index (χ2n) is 3.56. The summed E-state index contributed by atoms with van der Waals surface area (Å²) in [6, 6.07) is 7.01. The van der Waals surface area contributed by atoms with Crippen LogP contribution in [0.2, 0.25) is 0 Å². The van der Waals surface area contributed by atoms with Gasteiger partial charge in [0.2, 0.25) is 0 Å². The summed E-state index contributed by atoms with van der Waals surface area (Å²) in [7, 11) is 4.39. The van der Waals surface area contributed by atoms with E-state index in [0.717, 1.165) is 5.39 Å². The van der Waals surface area contributed by atoms with E-state index < -0.39 is 5.97 Å². The number of carbonyl (C=O) groups is 1. The summed E-state index contributed by atoms with van der Waals surface area (Å²) in [5.74, 6) is 0.622. The van der Waals surface area contributed by atoms with Crippen LogP contribution in [0.3, 0.4) is 0 Å². The molecule has 0 N–H and O–H groups in total. The van der Waals surface area contributed by atoms with Crippen molar-refractivity contribution in [1.82, 2.24) is 4.98 Å². The highest BCUT2D eigenvalue weighted by molar-refractivity contribution is 5.96. The van der Waals surface area contributed by atoms with Crippen molar-refractivity contribution in [2.45, 2.75) is 0 Å². The second kappa shape index (κ2) is 4.91. The molecule has 0 aliphatic heterocycles. The molecule has 1 aromatic carbocycles. The van der Waals surface area contributed by atoms with Crippen LogP contribution in [0.1, 0.15) is 10.5 Å². The van der Waals surface area contributed by atoms with Gasteiger partial charge in [-0.1, -0.05) is 6.07 Å². The number of carbonyl (C=O) groups excluding carboxylic acids is 1. The second-order valence-corrected chi connectivity index (χ2v) is 3.56. The smallest absolute Gasteiger partial charge is 0.356 e.